The summed E-state index contributed by atoms with van der Waals surface area (Å²) in [5.74, 6) is -1.11. The van der Waals surface area contributed by atoms with Gasteiger partial charge in [0.05, 0.1) is 11.2 Å². The molecule has 0 unspecified atom stereocenters. The number of rotatable bonds is 3. The number of anilines is 1. The Morgan fingerprint density at radius 2 is 2.00 bits per heavy atom. The molecule has 1 heterocycles. The van der Waals surface area contributed by atoms with E-state index in [4.69, 9.17) is 38.8 Å². The predicted molar refractivity (Wildman–Crippen MR) is 95.7 cm³/mol. The van der Waals surface area contributed by atoms with Crippen LogP contribution in [0.3, 0.4) is 0 Å². The van der Waals surface area contributed by atoms with Crippen LogP contribution in [0.25, 0.3) is 10.8 Å². The van der Waals surface area contributed by atoms with Crippen molar-refractivity contribution in [2.24, 2.45) is 0 Å². The zero-order chi connectivity index (χ0) is 18.4. The number of ether oxygens (including phenoxy) is 1. The third-order valence-corrected chi connectivity index (χ3v) is 3.54. The van der Waals surface area contributed by atoms with Gasteiger partial charge in [-0.2, -0.15) is 0 Å². The van der Waals surface area contributed by atoms with Gasteiger partial charge < -0.3 is 15.6 Å². The molecule has 3 rings (SSSR count). The molecule has 0 amide bonds. The number of nitrogens with zero attached hydrogens (tertiary/aromatic N) is 1. The highest BCUT2D eigenvalue weighted by atomic mass is 35.5. The smallest absolute Gasteiger partial charge is 0.341 e. The lowest BCUT2D eigenvalue weighted by atomic mass is 10.1. The van der Waals surface area contributed by atoms with Crippen LogP contribution in [0.5, 0.6) is 5.75 Å². The van der Waals surface area contributed by atoms with Gasteiger partial charge in [0.25, 0.3) is 0 Å². The summed E-state index contributed by atoms with van der Waals surface area (Å²) >= 11 is 11.3. The van der Waals surface area contributed by atoms with Gasteiger partial charge in [0.15, 0.2) is 12.4 Å². The zero-order valence-electron chi connectivity index (χ0n) is 12.7. The number of nitrogens with two attached hydrogens (primary N) is 1. The van der Waals surface area contributed by atoms with E-state index in [2.05, 4.69) is 4.98 Å². The number of halogens is 3. The molecule has 0 saturated heterocycles. The Kier molecular flexibility index (Phi) is 6.38. The summed E-state index contributed by atoms with van der Waals surface area (Å²) in [6, 6.07) is 9.81. The van der Waals surface area contributed by atoms with Gasteiger partial charge in [-0.3, -0.25) is 4.98 Å². The van der Waals surface area contributed by atoms with Crippen LogP contribution in [-0.4, -0.2) is 22.7 Å². The number of fused-ring (bicyclic) bond motifs is 1. The molecule has 0 bridgehead atoms. The standard InChI is InChI=1S/C9H7FN2.C8H6Cl2O3/c10-7-5-12-4-6-2-1-3-8(11)9(6)7;9-5-1-2-7(6(10)3-5)13-4-8(11)12/h1-5H,11H2;1-3H,4H2,(H,11,12). The predicted octanol–water partition coefficient (Wildman–Crippen LogP) is 4.41. The third-order valence-electron chi connectivity index (χ3n) is 3.01. The summed E-state index contributed by atoms with van der Waals surface area (Å²) in [6.07, 6.45) is 2.76. The first kappa shape index (κ1) is 18.8. The van der Waals surface area contributed by atoms with Crippen molar-refractivity contribution in [3.63, 3.8) is 0 Å². The Bertz CT molecular complexity index is 869. The van der Waals surface area contributed by atoms with E-state index >= 15 is 0 Å². The van der Waals surface area contributed by atoms with Gasteiger partial charge in [-0.1, -0.05) is 35.3 Å². The fraction of sp³-hybridized carbons (Fsp3) is 0.0588. The highest BCUT2D eigenvalue weighted by molar-refractivity contribution is 6.35. The lowest BCUT2D eigenvalue weighted by Gasteiger charge is -2.04. The van der Waals surface area contributed by atoms with Crippen LogP contribution >= 0.6 is 23.2 Å². The summed E-state index contributed by atoms with van der Waals surface area (Å²) in [5, 5.41) is 10.3. The largest absolute Gasteiger partial charge is 0.480 e. The van der Waals surface area contributed by atoms with Gasteiger partial charge in [0, 0.05) is 27.7 Å². The van der Waals surface area contributed by atoms with Crippen molar-refractivity contribution in [2.75, 3.05) is 12.3 Å². The maximum absolute atomic E-state index is 13.1. The highest BCUT2D eigenvalue weighted by Gasteiger charge is 2.04. The Labute approximate surface area is 152 Å². The van der Waals surface area contributed by atoms with E-state index in [1.807, 2.05) is 0 Å². The fourth-order valence-electron chi connectivity index (χ4n) is 1.95. The van der Waals surface area contributed by atoms with Crippen LogP contribution in [0.2, 0.25) is 10.0 Å². The molecule has 5 nitrogen and oxygen atoms in total. The maximum Gasteiger partial charge on any atom is 0.341 e. The first-order valence-corrected chi connectivity index (χ1v) is 7.71. The van der Waals surface area contributed by atoms with E-state index in [1.165, 1.54) is 18.3 Å². The van der Waals surface area contributed by atoms with Crippen LogP contribution in [0.1, 0.15) is 0 Å². The number of carboxylic acid groups (broad SMARTS) is 1. The zero-order valence-corrected chi connectivity index (χ0v) is 14.3. The summed E-state index contributed by atoms with van der Waals surface area (Å²) in [6.45, 7) is -0.415. The minimum absolute atomic E-state index is 0.300. The van der Waals surface area contributed by atoms with Crippen LogP contribution in [0.4, 0.5) is 10.1 Å². The molecule has 0 radical (unpaired) electrons. The van der Waals surface area contributed by atoms with Gasteiger partial charge in [0.2, 0.25) is 0 Å². The van der Waals surface area contributed by atoms with Gasteiger partial charge >= 0.3 is 5.97 Å². The molecule has 0 spiro atoms. The lowest BCUT2D eigenvalue weighted by molar-refractivity contribution is -0.139. The average Bonchev–Trinajstić information content (AvgIpc) is 2.55. The minimum Gasteiger partial charge on any atom is -0.480 e. The van der Waals surface area contributed by atoms with Gasteiger partial charge in [-0.05, 0) is 24.3 Å². The van der Waals surface area contributed by atoms with E-state index in [0.29, 0.717) is 26.9 Å². The van der Waals surface area contributed by atoms with E-state index in [0.717, 1.165) is 5.39 Å². The van der Waals surface area contributed by atoms with E-state index in [-0.39, 0.29) is 5.82 Å². The summed E-state index contributed by atoms with van der Waals surface area (Å²) < 4.78 is 18.0. The van der Waals surface area contributed by atoms with Crippen molar-refractivity contribution < 1.29 is 19.0 Å². The van der Waals surface area contributed by atoms with Crippen LogP contribution in [-0.2, 0) is 4.79 Å². The maximum atomic E-state index is 13.1. The molecule has 1 aromatic heterocycles. The molecule has 0 saturated carbocycles. The van der Waals surface area contributed by atoms with Crippen LogP contribution < -0.4 is 10.5 Å². The number of hydrogen-bond donors (Lipinski definition) is 2. The first-order chi connectivity index (χ1) is 11.9. The van der Waals surface area contributed by atoms with E-state index in [9.17, 15) is 9.18 Å². The Hall–Kier alpha value is -2.57. The van der Waals surface area contributed by atoms with Gasteiger partial charge in [-0.25, -0.2) is 9.18 Å². The monoisotopic (exact) mass is 382 g/mol. The Morgan fingerprint density at radius 3 is 2.64 bits per heavy atom. The van der Waals surface area contributed by atoms with Gasteiger partial charge in [-0.15, -0.1) is 0 Å². The molecule has 25 heavy (non-hydrogen) atoms. The van der Waals surface area contributed by atoms with E-state index < -0.39 is 12.6 Å². The molecule has 3 aromatic rings. The molecule has 0 fully saturated rings. The fourth-order valence-corrected chi connectivity index (χ4v) is 2.41. The van der Waals surface area contributed by atoms with E-state index in [1.54, 1.807) is 30.5 Å². The topological polar surface area (TPSA) is 85.4 Å². The number of nitrogen functional groups attached to an aromatic ring is 1. The molecular formula is C17H13Cl2FN2O3. The Morgan fingerprint density at radius 1 is 1.24 bits per heavy atom. The molecule has 0 aliphatic carbocycles. The molecule has 0 aliphatic rings. The lowest BCUT2D eigenvalue weighted by Crippen LogP contribution is -2.09. The first-order valence-electron chi connectivity index (χ1n) is 6.96. The number of aromatic nitrogens is 1. The van der Waals surface area contributed by atoms with Crippen molar-refractivity contribution in [1.82, 2.24) is 4.98 Å². The molecule has 0 aliphatic heterocycles. The average molecular weight is 383 g/mol. The van der Waals surface area contributed by atoms with Crippen LogP contribution in [0.15, 0.2) is 48.8 Å². The van der Waals surface area contributed by atoms with Crippen molar-refractivity contribution in [3.05, 3.63) is 64.7 Å². The third kappa shape index (κ3) is 5.20. The molecule has 0 atom stereocenters. The van der Waals surface area contributed by atoms with Crippen molar-refractivity contribution in [1.29, 1.82) is 0 Å². The molecule has 8 heteroatoms. The SMILES string of the molecule is Nc1cccc2cncc(F)c12.O=C(O)COc1ccc(Cl)cc1Cl. The molecule has 130 valence electrons. The quantitative estimate of drug-likeness (QED) is 0.655. The number of benzene rings is 2. The normalized spacial score (nSPS) is 10.0. The summed E-state index contributed by atoms with van der Waals surface area (Å²) in [4.78, 5) is 13.9. The number of hydrogen-bond acceptors (Lipinski definition) is 4. The van der Waals surface area contributed by atoms with Crippen molar-refractivity contribution in [2.45, 2.75) is 0 Å². The van der Waals surface area contributed by atoms with Crippen LogP contribution in [0, 0.1) is 5.82 Å². The number of pyridine rings is 1. The number of aliphatic carboxylic acids is 1. The molecule has 2 aromatic carbocycles. The molecule has 3 N–H and O–H groups in total. The second-order valence-corrected chi connectivity index (χ2v) is 5.67. The number of carboxylic acids is 1. The van der Waals surface area contributed by atoms with Gasteiger partial charge in [0.1, 0.15) is 5.75 Å². The molecular weight excluding hydrogens is 370 g/mol. The second-order valence-electron chi connectivity index (χ2n) is 4.82. The number of carbonyl (C=O) groups is 1. The highest BCUT2D eigenvalue weighted by Crippen LogP contribution is 2.27. The minimum atomic E-state index is -1.05. The Balaban J connectivity index is 0.000000181. The van der Waals surface area contributed by atoms with Crippen molar-refractivity contribution in [3.8, 4) is 5.75 Å². The van der Waals surface area contributed by atoms with Crippen molar-refractivity contribution >= 4 is 45.6 Å². The summed E-state index contributed by atoms with van der Waals surface area (Å²) in [7, 11) is 0. The summed E-state index contributed by atoms with van der Waals surface area (Å²) in [5.41, 5.74) is 6.04. The second kappa shape index (κ2) is 8.50.